The van der Waals surface area contributed by atoms with Crippen molar-refractivity contribution >= 4 is 34.4 Å². The molecule has 1 aliphatic heterocycles. The van der Waals surface area contributed by atoms with Crippen LogP contribution in [0.2, 0.25) is 5.02 Å². The average molecular weight is 393 g/mol. The van der Waals surface area contributed by atoms with Crippen molar-refractivity contribution in [2.24, 2.45) is 4.99 Å². The smallest absolute Gasteiger partial charge is 0.233 e. The van der Waals surface area contributed by atoms with Crippen LogP contribution in [0.25, 0.3) is 0 Å². The number of hydrogen-bond acceptors (Lipinski definition) is 4. The minimum absolute atomic E-state index is 0.0291. The maximum atomic E-state index is 13.9. The van der Waals surface area contributed by atoms with Crippen molar-refractivity contribution in [2.45, 2.75) is 12.2 Å². The third kappa shape index (κ3) is 4.37. The molecule has 7 heteroatoms. The predicted molar refractivity (Wildman–Crippen MR) is 103 cm³/mol. The van der Waals surface area contributed by atoms with E-state index >= 15 is 0 Å². The third-order valence-corrected chi connectivity index (χ3v) is 5.42. The number of carbonyl (C=O) groups excluding carboxylic acids is 1. The van der Waals surface area contributed by atoms with Crippen LogP contribution in [0.15, 0.2) is 47.5 Å². The van der Waals surface area contributed by atoms with E-state index in [0.29, 0.717) is 34.6 Å². The van der Waals surface area contributed by atoms with Crippen LogP contribution in [0.3, 0.4) is 0 Å². The summed E-state index contributed by atoms with van der Waals surface area (Å²) < 4.78 is 19.0. The molecule has 0 atom stereocenters. The summed E-state index contributed by atoms with van der Waals surface area (Å²) in [5.74, 6) is 0.705. The Bertz CT molecular complexity index is 807. The van der Waals surface area contributed by atoms with Crippen molar-refractivity contribution in [1.29, 1.82) is 0 Å². The lowest BCUT2D eigenvalue weighted by Crippen LogP contribution is -2.34. The van der Waals surface area contributed by atoms with Gasteiger partial charge in [0.1, 0.15) is 11.6 Å². The first kappa shape index (κ1) is 18.7. The SMILES string of the molecule is COc1ccc(CC(=O)N2CCN=C2SCc2c(F)cccc2Cl)cc1. The first-order valence-corrected chi connectivity index (χ1v) is 9.48. The van der Waals surface area contributed by atoms with Crippen LogP contribution in [0.1, 0.15) is 11.1 Å². The molecule has 0 radical (unpaired) electrons. The topological polar surface area (TPSA) is 41.9 Å². The predicted octanol–water partition coefficient (Wildman–Crippen LogP) is 4.16. The minimum Gasteiger partial charge on any atom is -0.497 e. The van der Waals surface area contributed by atoms with Gasteiger partial charge in [-0.3, -0.25) is 14.7 Å². The molecule has 0 fully saturated rings. The summed E-state index contributed by atoms with van der Waals surface area (Å²) in [5, 5.41) is 0.995. The van der Waals surface area contributed by atoms with E-state index in [1.807, 2.05) is 24.3 Å². The van der Waals surface area contributed by atoms with Crippen molar-refractivity contribution in [3.63, 3.8) is 0 Å². The first-order chi connectivity index (χ1) is 12.6. The second-order valence-corrected chi connectivity index (χ2v) is 7.07. The highest BCUT2D eigenvalue weighted by atomic mass is 35.5. The van der Waals surface area contributed by atoms with Crippen LogP contribution in [0, 0.1) is 5.82 Å². The van der Waals surface area contributed by atoms with E-state index in [4.69, 9.17) is 16.3 Å². The van der Waals surface area contributed by atoms with Crippen molar-refractivity contribution in [2.75, 3.05) is 20.2 Å². The second-order valence-electron chi connectivity index (χ2n) is 5.72. The molecule has 0 N–H and O–H groups in total. The molecule has 0 saturated carbocycles. The summed E-state index contributed by atoms with van der Waals surface area (Å²) in [7, 11) is 1.60. The Morgan fingerprint density at radius 2 is 2.08 bits per heavy atom. The average Bonchev–Trinajstić information content (AvgIpc) is 3.11. The Balaban J connectivity index is 1.62. The van der Waals surface area contributed by atoms with Crippen molar-refractivity contribution < 1.29 is 13.9 Å². The molecular formula is C19H18ClFN2O2S. The van der Waals surface area contributed by atoms with Gasteiger partial charge in [-0.05, 0) is 29.8 Å². The van der Waals surface area contributed by atoms with E-state index in [2.05, 4.69) is 4.99 Å². The third-order valence-electron chi connectivity index (χ3n) is 4.02. The number of benzene rings is 2. The highest BCUT2D eigenvalue weighted by Gasteiger charge is 2.24. The summed E-state index contributed by atoms with van der Waals surface area (Å²) in [6.45, 7) is 1.10. The molecule has 1 heterocycles. The van der Waals surface area contributed by atoms with E-state index < -0.39 is 0 Å². The first-order valence-electron chi connectivity index (χ1n) is 8.12. The molecule has 3 rings (SSSR count). The molecule has 1 amide bonds. The van der Waals surface area contributed by atoms with Gasteiger partial charge in [0, 0.05) is 22.9 Å². The quantitative estimate of drug-likeness (QED) is 0.767. The Morgan fingerprint density at radius 3 is 2.77 bits per heavy atom. The largest absolute Gasteiger partial charge is 0.497 e. The fourth-order valence-corrected chi connectivity index (χ4v) is 4.01. The fourth-order valence-electron chi connectivity index (χ4n) is 2.60. The van der Waals surface area contributed by atoms with Crippen molar-refractivity contribution in [3.8, 4) is 5.75 Å². The van der Waals surface area contributed by atoms with Crippen LogP contribution in [-0.4, -0.2) is 36.2 Å². The number of halogens is 2. The zero-order valence-corrected chi connectivity index (χ0v) is 15.8. The number of ether oxygens (including phenoxy) is 1. The molecular weight excluding hydrogens is 375 g/mol. The molecule has 1 aliphatic rings. The van der Waals surface area contributed by atoms with Gasteiger partial charge < -0.3 is 4.74 Å². The normalized spacial score (nSPS) is 13.7. The molecule has 0 unspecified atom stereocenters. The molecule has 26 heavy (non-hydrogen) atoms. The number of thioether (sulfide) groups is 1. The number of hydrogen-bond donors (Lipinski definition) is 0. The van der Waals surface area contributed by atoms with Gasteiger partial charge >= 0.3 is 0 Å². The van der Waals surface area contributed by atoms with Crippen molar-refractivity contribution in [3.05, 3.63) is 64.4 Å². The van der Waals surface area contributed by atoms with Gasteiger partial charge in [-0.25, -0.2) is 4.39 Å². The number of amides is 1. The Labute approximate surface area is 161 Å². The second kappa shape index (κ2) is 8.56. The van der Waals surface area contributed by atoms with Gasteiger partial charge in [0.2, 0.25) is 5.91 Å². The molecule has 0 saturated heterocycles. The molecule has 2 aromatic rings. The highest BCUT2D eigenvalue weighted by Crippen LogP contribution is 2.27. The maximum Gasteiger partial charge on any atom is 0.233 e. The van der Waals surface area contributed by atoms with Gasteiger partial charge in [0.05, 0.1) is 20.1 Å². The maximum absolute atomic E-state index is 13.9. The molecule has 136 valence electrons. The van der Waals surface area contributed by atoms with Crippen LogP contribution < -0.4 is 4.74 Å². The molecule has 0 aromatic heterocycles. The molecule has 4 nitrogen and oxygen atoms in total. The monoisotopic (exact) mass is 392 g/mol. The van der Waals surface area contributed by atoms with Crippen molar-refractivity contribution in [1.82, 2.24) is 4.90 Å². The van der Waals surface area contributed by atoms with Gasteiger partial charge in [0.15, 0.2) is 5.17 Å². The Kier molecular flexibility index (Phi) is 6.16. The highest BCUT2D eigenvalue weighted by molar-refractivity contribution is 8.13. The fraction of sp³-hybridized carbons (Fsp3) is 0.263. The lowest BCUT2D eigenvalue weighted by Gasteiger charge is -2.18. The summed E-state index contributed by atoms with van der Waals surface area (Å²) in [4.78, 5) is 18.7. The summed E-state index contributed by atoms with van der Waals surface area (Å²) >= 11 is 7.39. The van der Waals surface area contributed by atoms with E-state index in [-0.39, 0.29) is 18.1 Å². The summed E-state index contributed by atoms with van der Waals surface area (Å²) in [6, 6.07) is 12.0. The number of amidine groups is 1. The van der Waals surface area contributed by atoms with E-state index in [9.17, 15) is 9.18 Å². The molecule has 2 aromatic carbocycles. The summed E-state index contributed by atoms with van der Waals surface area (Å²) in [6.07, 6.45) is 0.282. The minimum atomic E-state index is -0.347. The standard InChI is InChI=1S/C19H18ClFN2O2S/c1-25-14-7-5-13(6-8-14)11-18(24)23-10-9-22-19(23)26-12-15-16(20)3-2-4-17(15)21/h2-8H,9-12H2,1H3. The zero-order valence-electron chi connectivity index (χ0n) is 14.2. The van der Waals surface area contributed by atoms with Gasteiger partial charge in [-0.15, -0.1) is 0 Å². The number of rotatable bonds is 5. The molecule has 0 aliphatic carbocycles. The van der Waals surface area contributed by atoms with Crippen LogP contribution in [0.4, 0.5) is 4.39 Å². The zero-order chi connectivity index (χ0) is 18.5. The number of aliphatic imine (C=N–C) groups is 1. The molecule has 0 spiro atoms. The Morgan fingerprint density at radius 1 is 1.31 bits per heavy atom. The lowest BCUT2D eigenvalue weighted by atomic mass is 10.1. The number of carbonyl (C=O) groups is 1. The Hall–Kier alpha value is -2.05. The van der Waals surface area contributed by atoms with Crippen LogP contribution >= 0.6 is 23.4 Å². The van der Waals surface area contributed by atoms with E-state index in [1.165, 1.54) is 17.8 Å². The number of methoxy groups -OCH3 is 1. The van der Waals surface area contributed by atoms with Crippen LogP contribution in [0.5, 0.6) is 5.75 Å². The lowest BCUT2D eigenvalue weighted by molar-refractivity contribution is -0.126. The van der Waals surface area contributed by atoms with Gasteiger partial charge in [-0.1, -0.05) is 41.6 Å². The van der Waals surface area contributed by atoms with E-state index in [1.54, 1.807) is 24.1 Å². The summed E-state index contributed by atoms with van der Waals surface area (Å²) in [5.41, 5.74) is 1.33. The van der Waals surface area contributed by atoms with Gasteiger partial charge in [-0.2, -0.15) is 0 Å². The van der Waals surface area contributed by atoms with Crippen LogP contribution in [-0.2, 0) is 17.0 Å². The van der Waals surface area contributed by atoms with E-state index in [0.717, 1.165) is 11.3 Å². The van der Waals surface area contributed by atoms with Gasteiger partial charge in [0.25, 0.3) is 0 Å². The number of nitrogens with zero attached hydrogens (tertiary/aromatic N) is 2. The molecule has 0 bridgehead atoms.